The fourth-order valence-corrected chi connectivity index (χ4v) is 3.73. The van der Waals surface area contributed by atoms with Gasteiger partial charge in [0.15, 0.2) is 0 Å². The molecule has 0 radical (unpaired) electrons. The van der Waals surface area contributed by atoms with Gasteiger partial charge in [0.1, 0.15) is 11.4 Å². The summed E-state index contributed by atoms with van der Waals surface area (Å²) in [5.41, 5.74) is 2.50. The SMILES string of the molecule is CC(C)=CCC[C@@]1(C)Oc2ccccc2[C@H]2OCCC[C@@H]21. The normalized spacial score (nSPS) is 30.8. The molecular formula is C19H26O2. The average molecular weight is 286 g/mol. The number of hydrogen-bond donors (Lipinski definition) is 0. The first kappa shape index (κ1) is 14.6. The predicted molar refractivity (Wildman–Crippen MR) is 85.6 cm³/mol. The lowest BCUT2D eigenvalue weighted by molar-refractivity contribution is -0.126. The van der Waals surface area contributed by atoms with Crippen LogP contribution < -0.4 is 4.74 Å². The zero-order valence-corrected chi connectivity index (χ0v) is 13.4. The van der Waals surface area contributed by atoms with Crippen molar-refractivity contribution in [2.45, 2.75) is 58.2 Å². The topological polar surface area (TPSA) is 18.5 Å². The molecule has 2 aliphatic heterocycles. The maximum atomic E-state index is 6.46. The minimum atomic E-state index is -0.120. The molecule has 1 saturated heterocycles. The molecule has 1 fully saturated rings. The lowest BCUT2D eigenvalue weighted by Gasteiger charge is -2.48. The quantitative estimate of drug-likeness (QED) is 0.724. The Morgan fingerprint density at radius 2 is 2.14 bits per heavy atom. The fourth-order valence-electron chi connectivity index (χ4n) is 3.73. The van der Waals surface area contributed by atoms with Crippen LogP contribution in [0.3, 0.4) is 0 Å². The van der Waals surface area contributed by atoms with Crippen molar-refractivity contribution in [3.63, 3.8) is 0 Å². The van der Waals surface area contributed by atoms with E-state index in [1.165, 1.54) is 17.6 Å². The Kier molecular flexibility index (Phi) is 4.08. The summed E-state index contributed by atoms with van der Waals surface area (Å²) in [4.78, 5) is 0. The Morgan fingerprint density at radius 3 is 2.95 bits per heavy atom. The van der Waals surface area contributed by atoms with Gasteiger partial charge in [-0.25, -0.2) is 0 Å². The molecule has 21 heavy (non-hydrogen) atoms. The standard InChI is InChI=1S/C19H26O2/c1-14(2)8-6-12-19(3)16-10-7-13-20-18(16)15-9-4-5-11-17(15)21-19/h4-5,8-9,11,16,18H,6-7,10,12-13H2,1-3H3/t16-,18+,19+/m0/s1. The summed E-state index contributed by atoms with van der Waals surface area (Å²) in [7, 11) is 0. The van der Waals surface area contributed by atoms with Crippen LogP contribution >= 0.6 is 0 Å². The molecule has 1 aromatic rings. The monoisotopic (exact) mass is 286 g/mol. The van der Waals surface area contributed by atoms with Gasteiger partial charge >= 0.3 is 0 Å². The molecule has 0 spiro atoms. The van der Waals surface area contributed by atoms with E-state index in [1.807, 2.05) is 0 Å². The molecular weight excluding hydrogens is 260 g/mol. The van der Waals surface area contributed by atoms with Crippen LogP contribution in [0.25, 0.3) is 0 Å². The molecule has 0 unspecified atom stereocenters. The Hall–Kier alpha value is -1.28. The van der Waals surface area contributed by atoms with Crippen molar-refractivity contribution >= 4 is 0 Å². The molecule has 3 rings (SSSR count). The largest absolute Gasteiger partial charge is 0.487 e. The van der Waals surface area contributed by atoms with Gasteiger partial charge in [-0.1, -0.05) is 29.8 Å². The number of ether oxygens (including phenoxy) is 2. The second-order valence-electron chi connectivity index (χ2n) is 6.81. The van der Waals surface area contributed by atoms with Gasteiger partial charge in [0.05, 0.1) is 6.10 Å². The molecule has 0 saturated carbocycles. The van der Waals surface area contributed by atoms with Crippen LogP contribution in [-0.2, 0) is 4.74 Å². The molecule has 1 aromatic carbocycles. The van der Waals surface area contributed by atoms with E-state index < -0.39 is 0 Å². The van der Waals surface area contributed by atoms with Crippen LogP contribution in [0.4, 0.5) is 0 Å². The molecule has 0 aromatic heterocycles. The molecule has 2 aliphatic rings. The molecule has 0 bridgehead atoms. The van der Waals surface area contributed by atoms with Crippen molar-refractivity contribution < 1.29 is 9.47 Å². The Labute approximate surface area is 128 Å². The highest BCUT2D eigenvalue weighted by Crippen LogP contribution is 2.50. The Bertz CT molecular complexity index is 530. The smallest absolute Gasteiger partial charge is 0.125 e. The Morgan fingerprint density at radius 1 is 1.33 bits per heavy atom. The van der Waals surface area contributed by atoms with Gasteiger partial charge in [-0.3, -0.25) is 0 Å². The lowest BCUT2D eigenvalue weighted by atomic mass is 9.73. The number of para-hydroxylation sites is 1. The summed E-state index contributed by atoms with van der Waals surface area (Å²) in [6.45, 7) is 7.46. The van der Waals surface area contributed by atoms with E-state index in [4.69, 9.17) is 9.47 Å². The third-order valence-electron chi connectivity index (χ3n) is 4.87. The highest BCUT2D eigenvalue weighted by molar-refractivity contribution is 5.39. The number of hydrogen-bond acceptors (Lipinski definition) is 2. The number of rotatable bonds is 3. The van der Waals surface area contributed by atoms with E-state index in [2.05, 4.69) is 51.1 Å². The van der Waals surface area contributed by atoms with Crippen molar-refractivity contribution in [2.24, 2.45) is 5.92 Å². The number of fused-ring (bicyclic) bond motifs is 3. The summed E-state index contributed by atoms with van der Waals surface area (Å²) in [6.07, 6.45) is 6.99. The molecule has 114 valence electrons. The minimum absolute atomic E-state index is 0.120. The molecule has 3 atom stereocenters. The van der Waals surface area contributed by atoms with Crippen molar-refractivity contribution in [3.8, 4) is 5.75 Å². The van der Waals surface area contributed by atoms with E-state index in [0.717, 1.165) is 31.6 Å². The van der Waals surface area contributed by atoms with Crippen LogP contribution in [-0.4, -0.2) is 12.2 Å². The maximum absolute atomic E-state index is 6.46. The van der Waals surface area contributed by atoms with E-state index in [1.54, 1.807) is 0 Å². The van der Waals surface area contributed by atoms with Crippen LogP contribution in [0, 0.1) is 5.92 Å². The van der Waals surface area contributed by atoms with Crippen LogP contribution in [0.1, 0.15) is 58.1 Å². The fraction of sp³-hybridized carbons (Fsp3) is 0.579. The van der Waals surface area contributed by atoms with Gasteiger partial charge < -0.3 is 9.47 Å². The second kappa shape index (κ2) is 5.84. The van der Waals surface area contributed by atoms with Crippen LogP contribution in [0.5, 0.6) is 5.75 Å². The number of benzene rings is 1. The predicted octanol–water partition coefficient (Wildman–Crippen LogP) is 5.05. The molecule has 2 heterocycles. The highest BCUT2D eigenvalue weighted by atomic mass is 16.5. The van der Waals surface area contributed by atoms with Gasteiger partial charge in [0.25, 0.3) is 0 Å². The van der Waals surface area contributed by atoms with Gasteiger partial charge in [-0.15, -0.1) is 0 Å². The van der Waals surface area contributed by atoms with Gasteiger partial charge in [0, 0.05) is 18.1 Å². The summed E-state index contributed by atoms with van der Waals surface area (Å²) in [5, 5.41) is 0. The summed E-state index contributed by atoms with van der Waals surface area (Å²) >= 11 is 0. The van der Waals surface area contributed by atoms with Crippen LogP contribution in [0.2, 0.25) is 0 Å². The zero-order chi connectivity index (χ0) is 14.9. The zero-order valence-electron chi connectivity index (χ0n) is 13.4. The maximum Gasteiger partial charge on any atom is 0.125 e. The first-order valence-corrected chi connectivity index (χ1v) is 8.13. The van der Waals surface area contributed by atoms with Crippen molar-refractivity contribution in [2.75, 3.05) is 6.61 Å². The lowest BCUT2D eigenvalue weighted by Crippen LogP contribution is -2.49. The van der Waals surface area contributed by atoms with Gasteiger partial charge in [0.2, 0.25) is 0 Å². The average Bonchev–Trinajstić information content (AvgIpc) is 2.47. The van der Waals surface area contributed by atoms with Crippen molar-refractivity contribution in [1.29, 1.82) is 0 Å². The van der Waals surface area contributed by atoms with Crippen molar-refractivity contribution in [1.82, 2.24) is 0 Å². The molecule has 2 heteroatoms. The minimum Gasteiger partial charge on any atom is -0.487 e. The first-order valence-electron chi connectivity index (χ1n) is 8.13. The highest BCUT2D eigenvalue weighted by Gasteiger charge is 2.47. The first-order chi connectivity index (χ1) is 10.1. The van der Waals surface area contributed by atoms with Crippen LogP contribution in [0.15, 0.2) is 35.9 Å². The molecule has 0 aliphatic carbocycles. The van der Waals surface area contributed by atoms with E-state index in [9.17, 15) is 0 Å². The third kappa shape index (κ3) is 2.87. The molecule has 0 N–H and O–H groups in total. The number of allylic oxidation sites excluding steroid dienone is 2. The van der Waals surface area contributed by atoms with Crippen molar-refractivity contribution in [3.05, 3.63) is 41.5 Å². The van der Waals surface area contributed by atoms with E-state index >= 15 is 0 Å². The van der Waals surface area contributed by atoms with E-state index in [-0.39, 0.29) is 11.7 Å². The van der Waals surface area contributed by atoms with Gasteiger partial charge in [-0.2, -0.15) is 0 Å². The third-order valence-corrected chi connectivity index (χ3v) is 4.87. The molecule has 2 nitrogen and oxygen atoms in total. The summed E-state index contributed by atoms with van der Waals surface area (Å²) < 4.78 is 12.6. The van der Waals surface area contributed by atoms with Gasteiger partial charge in [-0.05, 0) is 52.5 Å². The Balaban J connectivity index is 1.89. The summed E-state index contributed by atoms with van der Waals surface area (Å²) in [6, 6.07) is 8.39. The second-order valence-corrected chi connectivity index (χ2v) is 6.81. The van der Waals surface area contributed by atoms with E-state index in [0.29, 0.717) is 5.92 Å². The molecule has 0 amide bonds. The summed E-state index contributed by atoms with van der Waals surface area (Å²) in [5.74, 6) is 1.48.